The first kappa shape index (κ1) is 23.3. The fourth-order valence-corrected chi connectivity index (χ4v) is 8.37. The van der Waals surface area contributed by atoms with E-state index in [1.807, 2.05) is 0 Å². The van der Waals surface area contributed by atoms with Crippen LogP contribution in [-0.2, 0) is 14.2 Å². The molecule has 3 aliphatic carbocycles. The Bertz CT molecular complexity index is 668. The molecule has 5 rings (SSSR count). The van der Waals surface area contributed by atoms with Gasteiger partial charge >= 0.3 is 0 Å². The molecule has 2 heterocycles. The minimum absolute atomic E-state index is 0.0530. The van der Waals surface area contributed by atoms with Crippen LogP contribution in [0, 0.1) is 28.6 Å². The molecule has 2 saturated heterocycles. The van der Waals surface area contributed by atoms with E-state index < -0.39 is 0 Å². The summed E-state index contributed by atoms with van der Waals surface area (Å²) in [6, 6.07) is 0. The molecule has 0 aromatic heterocycles. The zero-order valence-electron chi connectivity index (χ0n) is 20.9. The van der Waals surface area contributed by atoms with Gasteiger partial charge in [0.15, 0.2) is 6.29 Å². The van der Waals surface area contributed by atoms with Crippen molar-refractivity contribution in [2.24, 2.45) is 28.6 Å². The van der Waals surface area contributed by atoms with E-state index in [4.69, 9.17) is 14.2 Å². The van der Waals surface area contributed by atoms with Crippen LogP contribution in [0.2, 0.25) is 0 Å². The van der Waals surface area contributed by atoms with Gasteiger partial charge in [-0.2, -0.15) is 0 Å². The van der Waals surface area contributed by atoms with Crippen LogP contribution in [0.4, 0.5) is 0 Å². The standard InChI is InChI=1S/C28H47NO3/c1-20-9-10-24-27(2,23(20)14-18-30-22-12-16-29(4)17-13-22)15-11-25-28(24,3)19-31-26(32-25)21-7-5-6-8-21/h21-26H,1,5-19H2,2-4H3/t23-,24+,25-,26-,27+,28+/m1/s1. The number of fused-ring (bicyclic) bond motifs is 3. The van der Waals surface area contributed by atoms with Gasteiger partial charge in [-0.3, -0.25) is 0 Å². The maximum atomic E-state index is 6.73. The zero-order valence-corrected chi connectivity index (χ0v) is 20.9. The molecule has 5 aliphatic rings. The number of nitrogens with zero attached hydrogens (tertiary/aromatic N) is 1. The maximum Gasteiger partial charge on any atom is 0.160 e. The molecular weight excluding hydrogens is 398 g/mol. The van der Waals surface area contributed by atoms with Gasteiger partial charge in [0.2, 0.25) is 0 Å². The summed E-state index contributed by atoms with van der Waals surface area (Å²) in [5.74, 6) is 1.85. The molecule has 0 amide bonds. The van der Waals surface area contributed by atoms with Gasteiger partial charge in [-0.1, -0.05) is 38.8 Å². The van der Waals surface area contributed by atoms with Crippen molar-refractivity contribution in [3.05, 3.63) is 12.2 Å². The van der Waals surface area contributed by atoms with Gasteiger partial charge in [0.25, 0.3) is 0 Å². The Morgan fingerprint density at radius 1 is 1.03 bits per heavy atom. The van der Waals surface area contributed by atoms with Gasteiger partial charge in [0.05, 0.1) is 18.8 Å². The molecule has 0 bridgehead atoms. The molecule has 0 aromatic carbocycles. The Morgan fingerprint density at radius 2 is 1.78 bits per heavy atom. The topological polar surface area (TPSA) is 30.9 Å². The van der Waals surface area contributed by atoms with E-state index in [0.29, 0.717) is 35.4 Å². The van der Waals surface area contributed by atoms with Gasteiger partial charge < -0.3 is 19.1 Å². The fraction of sp³-hybridized carbons (Fsp3) is 0.929. The summed E-state index contributed by atoms with van der Waals surface area (Å²) >= 11 is 0. The molecule has 4 heteroatoms. The highest BCUT2D eigenvalue weighted by Crippen LogP contribution is 2.63. The number of piperidine rings is 1. The van der Waals surface area contributed by atoms with Crippen LogP contribution >= 0.6 is 0 Å². The molecule has 6 atom stereocenters. The second-order valence-electron chi connectivity index (χ2n) is 12.4. The Balaban J connectivity index is 1.23. The SMILES string of the molecule is C=C1CC[C@@H]2[C@]3(C)CO[C@@H](C4CCCC4)O[C@@H]3CC[C@@]2(C)[C@@H]1CCOC1CCN(C)CC1. The number of likely N-dealkylation sites (tertiary alicyclic amines) is 1. The van der Waals surface area contributed by atoms with Crippen molar-refractivity contribution in [2.75, 3.05) is 33.4 Å². The van der Waals surface area contributed by atoms with Crippen LogP contribution in [0.1, 0.15) is 84.5 Å². The minimum atomic E-state index is 0.0530. The van der Waals surface area contributed by atoms with Crippen molar-refractivity contribution < 1.29 is 14.2 Å². The van der Waals surface area contributed by atoms with Crippen molar-refractivity contribution in [3.8, 4) is 0 Å². The van der Waals surface area contributed by atoms with Crippen LogP contribution in [0.25, 0.3) is 0 Å². The highest BCUT2D eigenvalue weighted by Gasteiger charge is 2.60. The molecule has 3 saturated carbocycles. The Morgan fingerprint density at radius 3 is 2.53 bits per heavy atom. The van der Waals surface area contributed by atoms with Crippen molar-refractivity contribution in [1.82, 2.24) is 4.90 Å². The molecule has 0 N–H and O–H groups in total. The summed E-state index contributed by atoms with van der Waals surface area (Å²) in [6.07, 6.45) is 14.5. The second-order valence-corrected chi connectivity index (χ2v) is 12.4. The van der Waals surface area contributed by atoms with Crippen LogP contribution < -0.4 is 0 Å². The molecule has 0 spiro atoms. The van der Waals surface area contributed by atoms with E-state index in [9.17, 15) is 0 Å². The largest absolute Gasteiger partial charge is 0.378 e. The predicted molar refractivity (Wildman–Crippen MR) is 128 cm³/mol. The van der Waals surface area contributed by atoms with Crippen molar-refractivity contribution >= 4 is 0 Å². The van der Waals surface area contributed by atoms with Crippen LogP contribution in [0.15, 0.2) is 12.2 Å². The van der Waals surface area contributed by atoms with Gasteiger partial charge in [0.1, 0.15) is 0 Å². The summed E-state index contributed by atoms with van der Waals surface area (Å²) in [5.41, 5.74) is 1.90. The van der Waals surface area contributed by atoms with Gasteiger partial charge in [-0.05, 0) is 82.1 Å². The third kappa shape index (κ3) is 4.23. The average Bonchev–Trinajstić information content (AvgIpc) is 3.31. The van der Waals surface area contributed by atoms with Gasteiger partial charge in [-0.25, -0.2) is 0 Å². The van der Waals surface area contributed by atoms with Crippen LogP contribution in [0.5, 0.6) is 0 Å². The van der Waals surface area contributed by atoms with E-state index >= 15 is 0 Å². The molecule has 32 heavy (non-hydrogen) atoms. The molecule has 0 radical (unpaired) electrons. The molecule has 5 fully saturated rings. The van der Waals surface area contributed by atoms with E-state index in [1.165, 1.54) is 76.5 Å². The van der Waals surface area contributed by atoms with E-state index in [1.54, 1.807) is 0 Å². The lowest BCUT2D eigenvalue weighted by Crippen LogP contribution is -2.62. The van der Waals surface area contributed by atoms with Crippen LogP contribution in [0.3, 0.4) is 0 Å². The molecule has 0 aromatic rings. The van der Waals surface area contributed by atoms with Crippen LogP contribution in [-0.4, -0.2) is 56.7 Å². The van der Waals surface area contributed by atoms with Crippen molar-refractivity contribution in [3.63, 3.8) is 0 Å². The molecule has 182 valence electrons. The quantitative estimate of drug-likeness (QED) is 0.500. The third-order valence-corrected chi connectivity index (χ3v) is 10.4. The Hall–Kier alpha value is -0.420. The molecule has 2 aliphatic heterocycles. The first-order valence-electron chi connectivity index (χ1n) is 13.6. The maximum absolute atomic E-state index is 6.73. The zero-order chi connectivity index (χ0) is 22.3. The Labute approximate surface area is 196 Å². The summed E-state index contributed by atoms with van der Waals surface area (Å²) in [4.78, 5) is 2.42. The fourth-order valence-electron chi connectivity index (χ4n) is 8.37. The number of hydrogen-bond acceptors (Lipinski definition) is 4. The lowest BCUT2D eigenvalue weighted by atomic mass is 9.46. The highest BCUT2D eigenvalue weighted by molar-refractivity contribution is 5.18. The Kier molecular flexibility index (Phi) is 6.79. The lowest BCUT2D eigenvalue weighted by molar-refractivity contribution is -0.316. The average molecular weight is 446 g/mol. The van der Waals surface area contributed by atoms with E-state index in [-0.39, 0.29) is 11.7 Å². The monoisotopic (exact) mass is 445 g/mol. The minimum Gasteiger partial charge on any atom is -0.378 e. The summed E-state index contributed by atoms with van der Waals surface area (Å²) < 4.78 is 19.6. The normalized spacial score (nSPS) is 44.4. The molecule has 0 unspecified atom stereocenters. The summed E-state index contributed by atoms with van der Waals surface area (Å²) in [7, 11) is 2.22. The number of ether oxygens (including phenoxy) is 3. The summed E-state index contributed by atoms with van der Waals surface area (Å²) in [6.45, 7) is 13.7. The summed E-state index contributed by atoms with van der Waals surface area (Å²) in [5, 5.41) is 0. The number of allylic oxidation sites excluding steroid dienone is 1. The van der Waals surface area contributed by atoms with Crippen molar-refractivity contribution in [1.29, 1.82) is 0 Å². The van der Waals surface area contributed by atoms with E-state index in [2.05, 4.69) is 32.4 Å². The van der Waals surface area contributed by atoms with Gasteiger partial charge in [-0.15, -0.1) is 0 Å². The highest BCUT2D eigenvalue weighted by atomic mass is 16.7. The second kappa shape index (κ2) is 9.32. The van der Waals surface area contributed by atoms with Gasteiger partial charge in [0, 0.05) is 31.0 Å². The molecular formula is C28H47NO3. The van der Waals surface area contributed by atoms with E-state index in [0.717, 1.165) is 26.1 Å². The smallest absolute Gasteiger partial charge is 0.160 e. The lowest BCUT2D eigenvalue weighted by Gasteiger charge is -2.63. The molecule has 4 nitrogen and oxygen atoms in total. The van der Waals surface area contributed by atoms with Crippen molar-refractivity contribution in [2.45, 2.75) is 103 Å². The third-order valence-electron chi connectivity index (χ3n) is 10.4. The first-order valence-corrected chi connectivity index (χ1v) is 13.6. The first-order chi connectivity index (χ1) is 15.4. The number of rotatable bonds is 5. The number of hydrogen-bond donors (Lipinski definition) is 0. The predicted octanol–water partition coefficient (Wildman–Crippen LogP) is 5.81.